The Bertz CT molecular complexity index is 1240. The Morgan fingerprint density at radius 1 is 0.889 bits per heavy atom. The molecule has 1 amide bonds. The lowest BCUT2D eigenvalue weighted by molar-refractivity contribution is -0.123. The average molecular weight is 533 g/mol. The second-order valence-electron chi connectivity index (χ2n) is 7.03. The zero-order valence-corrected chi connectivity index (χ0v) is 21.1. The molecule has 3 aromatic carbocycles. The highest BCUT2D eigenvalue weighted by Crippen LogP contribution is 2.38. The van der Waals surface area contributed by atoms with E-state index in [-0.39, 0.29) is 12.2 Å². The minimum Gasteiger partial charge on any atom is -0.493 e. The summed E-state index contributed by atoms with van der Waals surface area (Å²) >= 11 is 11.8. The van der Waals surface area contributed by atoms with Crippen molar-refractivity contribution in [2.45, 2.75) is 0 Å². The fraction of sp³-hybridized carbons (Fsp3) is 0.160. The number of carbonyl (C=O) groups is 2. The molecule has 0 aliphatic rings. The van der Waals surface area contributed by atoms with E-state index in [0.717, 1.165) is 0 Å². The SMILES string of the molecule is COc1cc(C(=O)Oc2ccc(/C=N/NC(=O)COc3ccc(Cl)cc3Cl)cc2)cc(OC)c1OC. The molecular formula is C25H22Cl2N2O7. The van der Waals surface area contributed by atoms with Crippen molar-refractivity contribution in [3.63, 3.8) is 0 Å². The monoisotopic (exact) mass is 532 g/mol. The van der Waals surface area contributed by atoms with Crippen molar-refractivity contribution in [3.05, 3.63) is 75.8 Å². The van der Waals surface area contributed by atoms with Crippen LogP contribution in [0.1, 0.15) is 15.9 Å². The molecule has 3 rings (SSSR count). The molecule has 0 unspecified atom stereocenters. The maximum absolute atomic E-state index is 12.6. The summed E-state index contributed by atoms with van der Waals surface area (Å²) in [4.78, 5) is 24.5. The Balaban J connectivity index is 1.54. The highest BCUT2D eigenvalue weighted by molar-refractivity contribution is 6.35. The van der Waals surface area contributed by atoms with Gasteiger partial charge in [-0.15, -0.1) is 0 Å². The molecule has 0 saturated heterocycles. The second-order valence-corrected chi connectivity index (χ2v) is 7.87. The van der Waals surface area contributed by atoms with Crippen LogP contribution in [-0.4, -0.2) is 46.0 Å². The Labute approximate surface area is 217 Å². The summed E-state index contributed by atoms with van der Waals surface area (Å²) < 4.78 is 26.5. The number of hydrogen-bond acceptors (Lipinski definition) is 8. The molecule has 9 nitrogen and oxygen atoms in total. The number of ether oxygens (including phenoxy) is 5. The zero-order chi connectivity index (χ0) is 26.1. The topological polar surface area (TPSA) is 105 Å². The molecule has 0 spiro atoms. The van der Waals surface area contributed by atoms with Gasteiger partial charge in [-0.05, 0) is 60.2 Å². The van der Waals surface area contributed by atoms with Gasteiger partial charge in [-0.2, -0.15) is 5.10 Å². The largest absolute Gasteiger partial charge is 0.493 e. The standard InChI is InChI=1S/C25H22Cl2N2O7/c1-32-21-10-16(11-22(33-2)24(21)34-3)25(31)36-18-7-4-15(5-8-18)13-28-29-23(30)14-35-20-9-6-17(26)12-19(20)27/h4-13H,14H2,1-3H3,(H,29,30)/b28-13+. The van der Waals surface area contributed by atoms with E-state index in [0.29, 0.717) is 44.4 Å². The third-order valence-corrected chi connectivity index (χ3v) is 5.18. The minimum atomic E-state index is -0.608. The molecule has 0 atom stereocenters. The first-order valence-corrected chi connectivity index (χ1v) is 11.1. The van der Waals surface area contributed by atoms with Gasteiger partial charge in [0.15, 0.2) is 18.1 Å². The number of halogens is 2. The number of benzene rings is 3. The number of methoxy groups -OCH3 is 3. The number of esters is 1. The van der Waals surface area contributed by atoms with Gasteiger partial charge in [0.1, 0.15) is 11.5 Å². The van der Waals surface area contributed by atoms with Crippen LogP contribution < -0.4 is 29.1 Å². The fourth-order valence-corrected chi connectivity index (χ4v) is 3.40. The summed E-state index contributed by atoms with van der Waals surface area (Å²) in [5.74, 6) is 0.586. The summed E-state index contributed by atoms with van der Waals surface area (Å²) in [6.07, 6.45) is 1.43. The predicted molar refractivity (Wildman–Crippen MR) is 135 cm³/mol. The van der Waals surface area contributed by atoms with Crippen molar-refractivity contribution in [3.8, 4) is 28.7 Å². The van der Waals surface area contributed by atoms with Crippen LogP contribution in [0.2, 0.25) is 10.0 Å². The number of nitrogens with zero attached hydrogens (tertiary/aromatic N) is 1. The predicted octanol–water partition coefficient (Wildman–Crippen LogP) is 4.77. The van der Waals surface area contributed by atoms with Crippen molar-refractivity contribution in [2.24, 2.45) is 5.10 Å². The molecule has 0 saturated carbocycles. The molecule has 188 valence electrons. The van der Waals surface area contributed by atoms with Crippen LogP contribution in [0.15, 0.2) is 59.7 Å². The Morgan fingerprint density at radius 3 is 2.14 bits per heavy atom. The van der Waals surface area contributed by atoms with Gasteiger partial charge >= 0.3 is 5.97 Å². The third kappa shape index (κ3) is 7.03. The lowest BCUT2D eigenvalue weighted by atomic mass is 10.2. The van der Waals surface area contributed by atoms with E-state index in [4.69, 9.17) is 46.9 Å². The van der Waals surface area contributed by atoms with Crippen molar-refractivity contribution in [2.75, 3.05) is 27.9 Å². The molecule has 0 aliphatic carbocycles. The number of carbonyl (C=O) groups excluding carboxylic acids is 2. The lowest BCUT2D eigenvalue weighted by Gasteiger charge is -2.13. The molecule has 0 aromatic heterocycles. The van der Waals surface area contributed by atoms with Gasteiger partial charge in [-0.1, -0.05) is 23.2 Å². The van der Waals surface area contributed by atoms with Crippen molar-refractivity contribution < 1.29 is 33.3 Å². The highest BCUT2D eigenvalue weighted by atomic mass is 35.5. The van der Waals surface area contributed by atoms with Gasteiger partial charge in [0.25, 0.3) is 5.91 Å². The van der Waals surface area contributed by atoms with E-state index in [9.17, 15) is 9.59 Å². The zero-order valence-electron chi connectivity index (χ0n) is 19.5. The van der Waals surface area contributed by atoms with E-state index in [1.54, 1.807) is 36.4 Å². The number of hydrazone groups is 1. The maximum Gasteiger partial charge on any atom is 0.343 e. The first-order chi connectivity index (χ1) is 17.3. The lowest BCUT2D eigenvalue weighted by Crippen LogP contribution is -2.24. The third-order valence-electron chi connectivity index (χ3n) is 4.65. The van der Waals surface area contributed by atoms with E-state index >= 15 is 0 Å². The van der Waals surface area contributed by atoms with Gasteiger partial charge in [-0.3, -0.25) is 4.79 Å². The molecular weight excluding hydrogens is 511 g/mol. The molecule has 0 aliphatic heterocycles. The average Bonchev–Trinajstić information content (AvgIpc) is 2.88. The van der Waals surface area contributed by atoms with Crippen LogP contribution in [0, 0.1) is 0 Å². The molecule has 36 heavy (non-hydrogen) atoms. The molecule has 0 fully saturated rings. The summed E-state index contributed by atoms with van der Waals surface area (Å²) in [7, 11) is 4.38. The fourth-order valence-electron chi connectivity index (χ4n) is 2.93. The first kappa shape index (κ1) is 26.7. The Hall–Kier alpha value is -3.95. The number of hydrogen-bond donors (Lipinski definition) is 1. The molecule has 3 aromatic rings. The highest BCUT2D eigenvalue weighted by Gasteiger charge is 2.18. The van der Waals surface area contributed by atoms with Crippen LogP contribution in [0.4, 0.5) is 0 Å². The molecule has 0 radical (unpaired) electrons. The summed E-state index contributed by atoms with van der Waals surface area (Å²) in [6, 6.07) is 14.2. The molecule has 0 heterocycles. The van der Waals surface area contributed by atoms with Crippen LogP contribution in [0.3, 0.4) is 0 Å². The van der Waals surface area contributed by atoms with Gasteiger partial charge in [0, 0.05) is 5.02 Å². The van der Waals surface area contributed by atoms with Crippen molar-refractivity contribution >= 4 is 41.3 Å². The second kappa shape index (κ2) is 12.7. The normalized spacial score (nSPS) is 10.6. The molecule has 0 bridgehead atoms. The van der Waals surface area contributed by atoms with Crippen molar-refractivity contribution in [1.82, 2.24) is 5.43 Å². The molecule has 1 N–H and O–H groups in total. The molecule has 11 heteroatoms. The quantitative estimate of drug-likeness (QED) is 0.173. The smallest absolute Gasteiger partial charge is 0.343 e. The Morgan fingerprint density at radius 2 is 1.56 bits per heavy atom. The van der Waals surface area contributed by atoms with E-state index in [2.05, 4.69) is 10.5 Å². The van der Waals surface area contributed by atoms with Crippen LogP contribution in [-0.2, 0) is 4.79 Å². The minimum absolute atomic E-state index is 0.222. The van der Waals surface area contributed by atoms with Gasteiger partial charge in [0.2, 0.25) is 5.75 Å². The number of rotatable bonds is 10. The van der Waals surface area contributed by atoms with Crippen LogP contribution in [0.5, 0.6) is 28.7 Å². The van der Waals surface area contributed by atoms with Gasteiger partial charge in [-0.25, -0.2) is 10.2 Å². The van der Waals surface area contributed by atoms with Crippen LogP contribution in [0.25, 0.3) is 0 Å². The van der Waals surface area contributed by atoms with E-state index in [1.165, 1.54) is 45.7 Å². The number of amides is 1. The van der Waals surface area contributed by atoms with Gasteiger partial charge < -0.3 is 23.7 Å². The Kier molecular flexibility index (Phi) is 9.38. The maximum atomic E-state index is 12.6. The number of nitrogens with one attached hydrogen (secondary N) is 1. The summed E-state index contributed by atoms with van der Waals surface area (Å²) in [5.41, 5.74) is 3.23. The summed E-state index contributed by atoms with van der Waals surface area (Å²) in [5, 5.41) is 4.63. The van der Waals surface area contributed by atoms with E-state index in [1.807, 2.05) is 0 Å². The van der Waals surface area contributed by atoms with Crippen molar-refractivity contribution in [1.29, 1.82) is 0 Å². The summed E-state index contributed by atoms with van der Waals surface area (Å²) in [6.45, 7) is -0.283. The van der Waals surface area contributed by atoms with E-state index < -0.39 is 11.9 Å². The van der Waals surface area contributed by atoms with Crippen LogP contribution >= 0.6 is 23.2 Å². The van der Waals surface area contributed by atoms with Gasteiger partial charge in [0.05, 0.1) is 38.1 Å². The first-order valence-electron chi connectivity index (χ1n) is 10.4.